The number of hydrogen-bond acceptors (Lipinski definition) is 1. The molecule has 24 heavy (non-hydrogen) atoms. The molecule has 0 aliphatic heterocycles. The highest BCUT2D eigenvalue weighted by atomic mass is 19.4. The van der Waals surface area contributed by atoms with Crippen LogP contribution in [-0.2, 0) is 12.7 Å². The third-order valence-electron chi connectivity index (χ3n) is 7.63. The quantitative estimate of drug-likeness (QED) is 0.692. The van der Waals surface area contributed by atoms with Gasteiger partial charge < -0.3 is 0 Å². The van der Waals surface area contributed by atoms with Gasteiger partial charge in [0.2, 0.25) is 0 Å². The highest BCUT2D eigenvalue weighted by Gasteiger charge is 2.80. The molecule has 0 aromatic heterocycles. The largest absolute Gasteiger partial charge is 0.416 e. The predicted octanol–water partition coefficient (Wildman–Crippen LogP) is 5.35. The fourth-order valence-electron chi connectivity index (χ4n) is 6.90. The maximum atomic E-state index is 13.1. The maximum Gasteiger partial charge on any atom is 0.416 e. The van der Waals surface area contributed by atoms with E-state index in [1.807, 2.05) is 0 Å². The second-order valence-electron chi connectivity index (χ2n) is 8.29. The first-order valence-corrected chi connectivity index (χ1v) is 9.13. The number of rotatable bonds is 2. The summed E-state index contributed by atoms with van der Waals surface area (Å²) in [5.74, 6) is 3.69. The fourth-order valence-corrected chi connectivity index (χ4v) is 6.90. The van der Waals surface area contributed by atoms with E-state index in [-0.39, 0.29) is 6.54 Å². The number of benzene rings is 1. The van der Waals surface area contributed by atoms with Gasteiger partial charge in [-0.2, -0.15) is 13.2 Å². The molecule has 1 spiro atoms. The summed E-state index contributed by atoms with van der Waals surface area (Å²) in [4.78, 5) is 4.72. The van der Waals surface area contributed by atoms with Crippen molar-refractivity contribution in [1.82, 2.24) is 0 Å². The molecule has 0 heterocycles. The van der Waals surface area contributed by atoms with Gasteiger partial charge in [-0.25, -0.2) is 0 Å². The molecular weight excluding hydrogens is 311 g/mol. The lowest BCUT2D eigenvalue weighted by Gasteiger charge is -2.22. The zero-order chi connectivity index (χ0) is 16.7. The van der Waals surface area contributed by atoms with Crippen molar-refractivity contribution in [1.29, 1.82) is 0 Å². The van der Waals surface area contributed by atoms with Gasteiger partial charge >= 0.3 is 6.18 Å². The van der Waals surface area contributed by atoms with E-state index in [1.54, 1.807) is 12.1 Å². The first kappa shape index (κ1) is 15.0. The minimum absolute atomic E-state index is 0.172. The van der Waals surface area contributed by atoms with Crippen LogP contribution in [0.3, 0.4) is 0 Å². The van der Waals surface area contributed by atoms with Crippen LogP contribution in [0.2, 0.25) is 0 Å². The summed E-state index contributed by atoms with van der Waals surface area (Å²) in [6, 6.07) is 5.86. The molecule has 128 valence electrons. The topological polar surface area (TPSA) is 12.4 Å². The Balaban J connectivity index is 1.40. The fraction of sp³-hybridized carbons (Fsp3) is 0.650. The Morgan fingerprint density at radius 3 is 2.79 bits per heavy atom. The lowest BCUT2D eigenvalue weighted by molar-refractivity contribution is -0.138. The molecule has 1 nitrogen and oxygen atoms in total. The Morgan fingerprint density at radius 1 is 1.21 bits per heavy atom. The van der Waals surface area contributed by atoms with Crippen molar-refractivity contribution in [2.75, 3.05) is 0 Å². The molecular formula is C20H22F3N. The van der Waals surface area contributed by atoms with E-state index in [4.69, 9.17) is 4.99 Å². The van der Waals surface area contributed by atoms with Crippen LogP contribution in [0, 0.1) is 35.0 Å². The van der Waals surface area contributed by atoms with E-state index in [1.165, 1.54) is 37.1 Å². The Kier molecular flexibility index (Phi) is 2.90. The van der Waals surface area contributed by atoms with Crippen molar-refractivity contribution in [2.45, 2.75) is 45.3 Å². The van der Waals surface area contributed by atoms with Crippen molar-refractivity contribution in [3.05, 3.63) is 35.4 Å². The molecule has 4 heteroatoms. The minimum atomic E-state index is -4.30. The van der Waals surface area contributed by atoms with Gasteiger partial charge in [0.05, 0.1) is 12.1 Å². The van der Waals surface area contributed by atoms with Crippen molar-refractivity contribution >= 4 is 5.71 Å². The van der Waals surface area contributed by atoms with Gasteiger partial charge in [-0.1, -0.05) is 31.5 Å². The summed E-state index contributed by atoms with van der Waals surface area (Å²) in [6.07, 6.45) is 0.874. The summed E-state index contributed by atoms with van der Waals surface area (Å²) in [5.41, 5.74) is 1.60. The monoisotopic (exact) mass is 333 g/mol. The molecule has 4 fully saturated rings. The number of aliphatic imine (C=N–C) groups is 1. The molecule has 0 saturated heterocycles. The van der Waals surface area contributed by atoms with Crippen LogP contribution in [0.15, 0.2) is 29.3 Å². The molecule has 1 aromatic rings. The lowest BCUT2D eigenvalue weighted by Crippen LogP contribution is -2.19. The molecule has 2 bridgehead atoms. The van der Waals surface area contributed by atoms with Crippen LogP contribution >= 0.6 is 0 Å². The highest BCUT2D eigenvalue weighted by molar-refractivity contribution is 5.92. The van der Waals surface area contributed by atoms with Crippen molar-refractivity contribution in [3.8, 4) is 0 Å². The summed E-state index contributed by atoms with van der Waals surface area (Å²) in [5, 5.41) is 0. The third kappa shape index (κ3) is 1.75. The normalized spacial score (nSPS) is 44.0. The van der Waals surface area contributed by atoms with E-state index in [0.717, 1.165) is 24.2 Å². The van der Waals surface area contributed by atoms with Crippen molar-refractivity contribution in [3.63, 3.8) is 0 Å². The Hall–Kier alpha value is -1.32. The van der Waals surface area contributed by atoms with Crippen LogP contribution in [0.1, 0.15) is 43.7 Å². The van der Waals surface area contributed by atoms with Gasteiger partial charge in [-0.15, -0.1) is 0 Å². The lowest BCUT2D eigenvalue weighted by atomic mass is 9.82. The molecule has 1 aromatic carbocycles. The van der Waals surface area contributed by atoms with Crippen LogP contribution in [-0.4, -0.2) is 5.71 Å². The van der Waals surface area contributed by atoms with E-state index in [0.29, 0.717) is 22.8 Å². The molecule has 4 aliphatic rings. The first-order valence-electron chi connectivity index (χ1n) is 9.13. The van der Waals surface area contributed by atoms with Crippen LogP contribution in [0.5, 0.6) is 0 Å². The van der Waals surface area contributed by atoms with Gasteiger partial charge in [0, 0.05) is 11.6 Å². The second-order valence-corrected chi connectivity index (χ2v) is 8.29. The predicted molar refractivity (Wildman–Crippen MR) is 86.6 cm³/mol. The number of alkyl halides is 3. The molecule has 0 radical (unpaired) electrons. The Labute approximate surface area is 140 Å². The zero-order valence-corrected chi connectivity index (χ0v) is 13.8. The van der Waals surface area contributed by atoms with Crippen molar-refractivity contribution < 1.29 is 13.2 Å². The average molecular weight is 333 g/mol. The first-order chi connectivity index (χ1) is 11.4. The summed E-state index contributed by atoms with van der Waals surface area (Å²) in [7, 11) is 0. The molecule has 6 atom stereocenters. The summed E-state index contributed by atoms with van der Waals surface area (Å²) < 4.78 is 39.4. The van der Waals surface area contributed by atoms with Gasteiger partial charge in [-0.05, 0) is 60.0 Å². The molecule has 1 unspecified atom stereocenters. The van der Waals surface area contributed by atoms with Gasteiger partial charge in [0.25, 0.3) is 0 Å². The van der Waals surface area contributed by atoms with Crippen LogP contribution in [0.25, 0.3) is 0 Å². The molecule has 0 N–H and O–H groups in total. The number of nitrogens with zero attached hydrogens (tertiary/aromatic N) is 1. The number of halogens is 3. The van der Waals surface area contributed by atoms with E-state index in [9.17, 15) is 13.2 Å². The van der Waals surface area contributed by atoms with Crippen LogP contribution < -0.4 is 0 Å². The standard InChI is InChI=1S/C20H22F3N/c1-11-15-9-16(17(11)18-14-7-4-8-19(14,15)18)24-10-12-5-2-3-6-13(12)20(21,22)23/h2-3,5-6,11,14-15,17-18H,4,7-10H2,1H3/t11-,14+,15-,17?,18+,19+/m1/s1. The minimum Gasteiger partial charge on any atom is -0.289 e. The third-order valence-corrected chi connectivity index (χ3v) is 7.63. The van der Waals surface area contributed by atoms with E-state index >= 15 is 0 Å². The van der Waals surface area contributed by atoms with Crippen molar-refractivity contribution in [2.24, 2.45) is 40.0 Å². The van der Waals surface area contributed by atoms with Gasteiger partial charge in [0.1, 0.15) is 0 Å². The molecule has 0 amide bonds. The van der Waals surface area contributed by atoms with E-state index in [2.05, 4.69) is 6.92 Å². The average Bonchev–Trinajstić information content (AvgIpc) is 2.84. The summed E-state index contributed by atoms with van der Waals surface area (Å²) >= 11 is 0. The number of fused-ring (bicyclic) bond motifs is 4. The van der Waals surface area contributed by atoms with Gasteiger partial charge in [0.15, 0.2) is 0 Å². The molecule has 5 rings (SSSR count). The zero-order valence-electron chi connectivity index (χ0n) is 13.8. The van der Waals surface area contributed by atoms with Crippen LogP contribution in [0.4, 0.5) is 13.2 Å². The Bertz CT molecular complexity index is 722. The van der Waals surface area contributed by atoms with E-state index < -0.39 is 11.7 Å². The number of hydrogen-bond donors (Lipinski definition) is 0. The maximum absolute atomic E-state index is 13.1. The van der Waals surface area contributed by atoms with Gasteiger partial charge in [-0.3, -0.25) is 4.99 Å². The smallest absolute Gasteiger partial charge is 0.289 e. The Morgan fingerprint density at radius 2 is 2.00 bits per heavy atom. The molecule has 4 saturated carbocycles. The summed E-state index contributed by atoms with van der Waals surface area (Å²) in [6.45, 7) is 2.52. The second kappa shape index (κ2) is 4.64. The highest BCUT2D eigenvalue weighted by Crippen LogP contribution is 2.84. The SMILES string of the molecule is C[C@H]1C2C(=NCc3ccccc3C(F)(F)F)C[C@H]1[C@]13CCC[C@H]1[C@@H]23. The molecule has 4 aliphatic carbocycles.